The van der Waals surface area contributed by atoms with Crippen molar-refractivity contribution in [3.05, 3.63) is 29.8 Å². The van der Waals surface area contributed by atoms with E-state index in [1.165, 1.54) is 12.2 Å². The molecule has 0 spiro atoms. The molecule has 0 bridgehead atoms. The summed E-state index contributed by atoms with van der Waals surface area (Å²) in [6, 6.07) is 7.34. The molecule has 1 fully saturated rings. The first-order valence-corrected chi connectivity index (χ1v) is 7.09. The third kappa shape index (κ3) is 3.85. The predicted molar refractivity (Wildman–Crippen MR) is 70.2 cm³/mol. The normalized spacial score (nSPS) is 23.6. The lowest BCUT2D eigenvalue weighted by atomic mass is 10.1. The minimum atomic E-state index is -2.76. The van der Waals surface area contributed by atoms with Crippen LogP contribution in [-0.4, -0.2) is 23.7 Å². The van der Waals surface area contributed by atoms with E-state index in [4.69, 9.17) is 0 Å². The fourth-order valence-corrected chi connectivity index (χ4v) is 3.26. The lowest BCUT2D eigenvalue weighted by molar-refractivity contribution is -0.0498. The second kappa shape index (κ2) is 6.38. The van der Waals surface area contributed by atoms with Crippen LogP contribution in [-0.2, 0) is 6.54 Å². The van der Waals surface area contributed by atoms with Gasteiger partial charge in [0.1, 0.15) is 5.75 Å². The van der Waals surface area contributed by atoms with E-state index in [-0.39, 0.29) is 5.75 Å². The molecular formula is C13H17F2NOS. The molecule has 0 aromatic heterocycles. The number of hydrogen-bond donors (Lipinski definition) is 1. The third-order valence-corrected chi connectivity index (χ3v) is 4.42. The van der Waals surface area contributed by atoms with E-state index in [1.54, 1.807) is 12.1 Å². The van der Waals surface area contributed by atoms with E-state index in [0.29, 0.717) is 11.3 Å². The fraction of sp³-hybridized carbons (Fsp3) is 0.538. The molecule has 18 heavy (non-hydrogen) atoms. The van der Waals surface area contributed by atoms with Crippen LogP contribution >= 0.6 is 11.8 Å². The number of hydrogen-bond acceptors (Lipinski definition) is 3. The largest absolute Gasteiger partial charge is 0.435 e. The van der Waals surface area contributed by atoms with Crippen molar-refractivity contribution in [1.29, 1.82) is 0 Å². The van der Waals surface area contributed by atoms with Crippen molar-refractivity contribution in [2.24, 2.45) is 0 Å². The van der Waals surface area contributed by atoms with Crippen molar-refractivity contribution in [3.8, 4) is 5.75 Å². The highest BCUT2D eigenvalue weighted by Crippen LogP contribution is 2.26. The molecule has 1 heterocycles. The van der Waals surface area contributed by atoms with Gasteiger partial charge in [-0.1, -0.05) is 19.1 Å². The summed E-state index contributed by atoms with van der Waals surface area (Å²) in [6.45, 7) is 0.240. The number of thioether (sulfide) groups is 1. The van der Waals surface area contributed by atoms with Gasteiger partial charge in [-0.2, -0.15) is 20.5 Å². The maximum Gasteiger partial charge on any atom is 0.387 e. The van der Waals surface area contributed by atoms with Crippen molar-refractivity contribution in [2.45, 2.75) is 37.8 Å². The fourth-order valence-electron chi connectivity index (χ4n) is 2.04. The highest BCUT2D eigenvalue weighted by Gasteiger charge is 2.22. The first-order chi connectivity index (χ1) is 8.65. The maximum atomic E-state index is 12.0. The van der Waals surface area contributed by atoms with Gasteiger partial charge >= 0.3 is 6.61 Å². The van der Waals surface area contributed by atoms with Crippen LogP contribution < -0.4 is 10.1 Å². The maximum absolute atomic E-state index is 12.0. The van der Waals surface area contributed by atoms with Crippen molar-refractivity contribution >= 4 is 11.8 Å². The molecule has 2 atom stereocenters. The van der Waals surface area contributed by atoms with Gasteiger partial charge in [0.15, 0.2) is 0 Å². The van der Waals surface area contributed by atoms with Crippen LogP contribution in [0.5, 0.6) is 5.75 Å². The molecule has 2 rings (SSSR count). The summed E-state index contributed by atoms with van der Waals surface area (Å²) in [5, 5.41) is 4.14. The summed E-state index contributed by atoms with van der Waals surface area (Å²) < 4.78 is 28.3. The van der Waals surface area contributed by atoms with E-state index >= 15 is 0 Å². The van der Waals surface area contributed by atoms with E-state index in [9.17, 15) is 8.78 Å². The number of ether oxygens (including phenoxy) is 1. The van der Waals surface area contributed by atoms with Crippen LogP contribution in [0.15, 0.2) is 24.3 Å². The van der Waals surface area contributed by atoms with Crippen LogP contribution in [0.4, 0.5) is 8.78 Å². The Bertz CT molecular complexity index is 372. The standard InChI is InChI=1S/C13H17F2NOS/c1-9-12(6-7-18-9)16-8-10-2-4-11(5-3-10)17-13(14)15/h2-5,9,12-13,16H,6-8H2,1H3. The van der Waals surface area contributed by atoms with E-state index in [0.717, 1.165) is 12.1 Å². The van der Waals surface area contributed by atoms with Crippen LogP contribution in [0.2, 0.25) is 0 Å². The lowest BCUT2D eigenvalue weighted by Gasteiger charge is -2.16. The number of nitrogens with one attached hydrogen (secondary N) is 1. The SMILES string of the molecule is CC1SCCC1NCc1ccc(OC(F)F)cc1. The zero-order valence-corrected chi connectivity index (χ0v) is 11.1. The lowest BCUT2D eigenvalue weighted by Crippen LogP contribution is -2.32. The molecule has 1 aliphatic heterocycles. The number of alkyl halides is 2. The Kier molecular flexibility index (Phi) is 4.83. The van der Waals surface area contributed by atoms with Crippen LogP contribution in [0.25, 0.3) is 0 Å². The third-order valence-electron chi connectivity index (χ3n) is 3.09. The Labute approximate surface area is 110 Å². The number of benzene rings is 1. The topological polar surface area (TPSA) is 21.3 Å². The minimum Gasteiger partial charge on any atom is -0.435 e. The second-order valence-corrected chi connectivity index (χ2v) is 5.86. The Hall–Kier alpha value is -0.810. The van der Waals surface area contributed by atoms with Crippen LogP contribution in [0.1, 0.15) is 18.9 Å². The predicted octanol–water partition coefficient (Wildman–Crippen LogP) is 3.27. The molecular weight excluding hydrogens is 256 g/mol. The monoisotopic (exact) mass is 273 g/mol. The van der Waals surface area contributed by atoms with Gasteiger partial charge in [0, 0.05) is 17.8 Å². The van der Waals surface area contributed by atoms with Crippen molar-refractivity contribution in [2.75, 3.05) is 5.75 Å². The summed E-state index contributed by atoms with van der Waals surface area (Å²) >= 11 is 1.98. The van der Waals surface area contributed by atoms with E-state index < -0.39 is 6.61 Å². The average molecular weight is 273 g/mol. The summed E-state index contributed by atoms with van der Waals surface area (Å²) in [6.07, 6.45) is 1.19. The quantitative estimate of drug-likeness (QED) is 0.889. The second-order valence-electron chi connectivity index (χ2n) is 4.37. The molecule has 0 radical (unpaired) electrons. The van der Waals surface area contributed by atoms with Crippen LogP contribution in [0.3, 0.4) is 0 Å². The summed E-state index contributed by atoms with van der Waals surface area (Å²) in [4.78, 5) is 0. The Morgan fingerprint density at radius 1 is 1.39 bits per heavy atom. The molecule has 5 heteroatoms. The molecule has 0 amide bonds. The van der Waals surface area contributed by atoms with Gasteiger partial charge in [-0.05, 0) is 29.9 Å². The van der Waals surface area contributed by atoms with Gasteiger partial charge in [-0.3, -0.25) is 0 Å². The van der Waals surface area contributed by atoms with Gasteiger partial charge in [0.2, 0.25) is 0 Å². The highest BCUT2D eigenvalue weighted by molar-refractivity contribution is 8.00. The molecule has 100 valence electrons. The van der Waals surface area contributed by atoms with E-state index in [2.05, 4.69) is 17.0 Å². The van der Waals surface area contributed by atoms with E-state index in [1.807, 2.05) is 23.9 Å². The Balaban J connectivity index is 1.82. The first-order valence-electron chi connectivity index (χ1n) is 6.04. The molecule has 0 aliphatic carbocycles. The summed E-state index contributed by atoms with van der Waals surface area (Å²) in [5.41, 5.74) is 1.08. The van der Waals surface area contributed by atoms with Gasteiger partial charge in [-0.25, -0.2) is 0 Å². The van der Waals surface area contributed by atoms with Gasteiger partial charge in [0.25, 0.3) is 0 Å². The van der Waals surface area contributed by atoms with Gasteiger partial charge < -0.3 is 10.1 Å². The zero-order valence-electron chi connectivity index (χ0n) is 10.2. The molecule has 1 aromatic rings. The smallest absolute Gasteiger partial charge is 0.387 e. The van der Waals surface area contributed by atoms with Crippen molar-refractivity contribution in [1.82, 2.24) is 5.32 Å². The van der Waals surface area contributed by atoms with Crippen LogP contribution in [0, 0.1) is 0 Å². The molecule has 1 aliphatic rings. The number of halogens is 2. The highest BCUT2D eigenvalue weighted by atomic mass is 32.2. The average Bonchev–Trinajstić information content (AvgIpc) is 2.73. The first kappa shape index (κ1) is 13.6. The molecule has 1 saturated heterocycles. The number of rotatable bonds is 5. The molecule has 0 saturated carbocycles. The van der Waals surface area contributed by atoms with Crippen molar-refractivity contribution in [3.63, 3.8) is 0 Å². The Morgan fingerprint density at radius 2 is 2.11 bits per heavy atom. The van der Waals surface area contributed by atoms with Gasteiger partial charge in [0.05, 0.1) is 0 Å². The zero-order chi connectivity index (χ0) is 13.0. The summed E-state index contributed by atoms with van der Waals surface area (Å²) in [5.74, 6) is 1.42. The minimum absolute atomic E-state index is 0.207. The van der Waals surface area contributed by atoms with Gasteiger partial charge in [-0.15, -0.1) is 0 Å². The van der Waals surface area contributed by atoms with Crippen molar-refractivity contribution < 1.29 is 13.5 Å². The Morgan fingerprint density at radius 3 is 2.67 bits per heavy atom. The molecule has 1 N–H and O–H groups in total. The molecule has 2 unspecified atom stereocenters. The summed E-state index contributed by atoms with van der Waals surface area (Å²) in [7, 11) is 0. The molecule has 1 aromatic carbocycles. The molecule has 2 nitrogen and oxygen atoms in total.